The molecule has 10 nitrogen and oxygen atoms in total. The molecule has 0 aliphatic carbocycles. The largest absolute Gasteiger partial charge is 0.446 e. The summed E-state index contributed by atoms with van der Waals surface area (Å²) in [5.41, 5.74) is 0.493. The molecule has 1 amide bonds. The second-order valence-electron chi connectivity index (χ2n) is 7.78. The molecular weight excluding hydrogens is 380 g/mol. The third kappa shape index (κ3) is 5.02. The number of aromatic nitrogens is 3. The molecule has 29 heavy (non-hydrogen) atoms. The number of rotatable bonds is 6. The van der Waals surface area contributed by atoms with Crippen molar-refractivity contribution in [2.45, 2.75) is 52.9 Å². The third-order valence-corrected chi connectivity index (χ3v) is 3.78. The molecule has 0 aromatic carbocycles. The van der Waals surface area contributed by atoms with Crippen LogP contribution in [-0.2, 0) is 11.3 Å². The summed E-state index contributed by atoms with van der Waals surface area (Å²) in [6, 6.07) is -0.494. The van der Waals surface area contributed by atoms with Crippen molar-refractivity contribution in [3.63, 3.8) is 0 Å². The van der Waals surface area contributed by atoms with E-state index in [0.29, 0.717) is 23.0 Å². The number of aliphatic hydroxyl groups excluding tert-OH is 1. The first-order valence-corrected chi connectivity index (χ1v) is 9.12. The normalized spacial score (nSPS) is 12.9. The molecule has 0 saturated heterocycles. The van der Waals surface area contributed by atoms with E-state index in [-0.39, 0.29) is 24.3 Å². The zero-order valence-corrected chi connectivity index (χ0v) is 16.9. The van der Waals surface area contributed by atoms with Crippen molar-refractivity contribution in [2.24, 2.45) is 5.92 Å². The summed E-state index contributed by atoms with van der Waals surface area (Å²) in [5, 5.41) is 11.9. The number of carbonyl (C=O) groups is 1. The van der Waals surface area contributed by atoms with E-state index in [1.807, 2.05) is 13.8 Å². The minimum Gasteiger partial charge on any atom is -0.446 e. The van der Waals surface area contributed by atoms with E-state index >= 15 is 0 Å². The number of carbonyl (C=O) groups excluding carboxylic acids is 1. The van der Waals surface area contributed by atoms with Gasteiger partial charge in [0.2, 0.25) is 17.7 Å². The smallest absolute Gasteiger partial charge is 0.408 e. The quantitative estimate of drug-likeness (QED) is 0.630. The lowest BCUT2D eigenvalue weighted by Gasteiger charge is -2.24. The number of amides is 1. The molecule has 1 unspecified atom stereocenters. The Bertz CT molecular complexity index is 965. The molecule has 1 atom stereocenters. The van der Waals surface area contributed by atoms with Crippen LogP contribution in [0.4, 0.5) is 4.79 Å². The van der Waals surface area contributed by atoms with Crippen LogP contribution in [-0.4, -0.2) is 31.8 Å². The first kappa shape index (κ1) is 20.6. The molecule has 3 aromatic rings. The minimum absolute atomic E-state index is 0.00152. The predicted octanol–water partition coefficient (Wildman–Crippen LogP) is 3.70. The van der Waals surface area contributed by atoms with Gasteiger partial charge in [-0.3, -0.25) is 0 Å². The van der Waals surface area contributed by atoms with Gasteiger partial charge < -0.3 is 28.4 Å². The fourth-order valence-electron chi connectivity index (χ4n) is 2.46. The molecule has 0 radical (unpaired) electrons. The van der Waals surface area contributed by atoms with Gasteiger partial charge in [0.1, 0.15) is 36.1 Å². The van der Waals surface area contributed by atoms with Crippen LogP contribution in [0.1, 0.15) is 52.2 Å². The summed E-state index contributed by atoms with van der Waals surface area (Å²) >= 11 is 0. The number of nitrogens with one attached hydrogen (secondary N) is 1. The highest BCUT2D eigenvalue weighted by atomic mass is 16.6. The Labute approximate surface area is 167 Å². The molecule has 0 fully saturated rings. The molecule has 156 valence electrons. The lowest BCUT2D eigenvalue weighted by atomic mass is 10.0. The van der Waals surface area contributed by atoms with Gasteiger partial charge in [0.25, 0.3) is 0 Å². The monoisotopic (exact) mass is 404 g/mol. The van der Waals surface area contributed by atoms with Crippen molar-refractivity contribution in [1.82, 2.24) is 20.3 Å². The summed E-state index contributed by atoms with van der Waals surface area (Å²) < 4.78 is 21.6. The molecule has 2 N–H and O–H groups in total. The SMILES string of the molecule is CC(C)C(NC(=O)OC(C)(C)C)c1nc(-c2nc(-c3nc(CO)co3)co2)co1. The topological polar surface area (TPSA) is 137 Å². The van der Waals surface area contributed by atoms with Gasteiger partial charge in [-0.15, -0.1) is 0 Å². The Balaban J connectivity index is 1.77. The lowest BCUT2D eigenvalue weighted by molar-refractivity contribution is 0.0479. The highest BCUT2D eigenvalue weighted by Crippen LogP contribution is 2.27. The van der Waals surface area contributed by atoms with Crippen molar-refractivity contribution in [1.29, 1.82) is 0 Å². The highest BCUT2D eigenvalue weighted by Gasteiger charge is 2.27. The molecule has 10 heteroatoms. The van der Waals surface area contributed by atoms with Crippen LogP contribution in [0.15, 0.2) is 32.0 Å². The van der Waals surface area contributed by atoms with E-state index in [9.17, 15) is 4.79 Å². The number of hydrogen-bond acceptors (Lipinski definition) is 9. The highest BCUT2D eigenvalue weighted by molar-refractivity contribution is 5.68. The average molecular weight is 404 g/mol. The maximum absolute atomic E-state index is 12.1. The van der Waals surface area contributed by atoms with Crippen molar-refractivity contribution in [3.8, 4) is 23.2 Å². The molecule has 0 spiro atoms. The van der Waals surface area contributed by atoms with Crippen LogP contribution < -0.4 is 5.32 Å². The van der Waals surface area contributed by atoms with Crippen LogP contribution in [0.3, 0.4) is 0 Å². The van der Waals surface area contributed by atoms with Gasteiger partial charge in [0, 0.05) is 0 Å². The standard InChI is InChI=1S/C19H24N4O6/c1-10(2)14(23-18(25)29-19(3,4)5)17-22-13(9-28-17)16-21-12(8-27-16)15-20-11(6-24)7-26-15/h7-10,14,24H,6H2,1-5H3,(H,23,25). The molecule has 3 aromatic heterocycles. The first-order chi connectivity index (χ1) is 13.7. The summed E-state index contributed by atoms with van der Waals surface area (Å²) in [6.45, 7) is 8.99. The fraction of sp³-hybridized carbons (Fsp3) is 0.474. The molecule has 3 heterocycles. The Morgan fingerprint density at radius 1 is 1.07 bits per heavy atom. The molecule has 0 aliphatic rings. The van der Waals surface area contributed by atoms with Gasteiger partial charge in [0.05, 0.1) is 6.61 Å². The molecule has 0 aliphatic heterocycles. The van der Waals surface area contributed by atoms with Crippen LogP contribution in [0.2, 0.25) is 0 Å². The molecular formula is C19H24N4O6. The second-order valence-corrected chi connectivity index (χ2v) is 7.78. The van der Waals surface area contributed by atoms with E-state index in [2.05, 4.69) is 20.3 Å². The zero-order chi connectivity index (χ0) is 21.2. The zero-order valence-electron chi connectivity index (χ0n) is 16.9. The number of alkyl carbamates (subject to hydrolysis) is 1. The molecule has 3 rings (SSSR count). The predicted molar refractivity (Wildman–Crippen MR) is 100 cm³/mol. The number of hydrogen-bond donors (Lipinski definition) is 2. The summed E-state index contributed by atoms with van der Waals surface area (Å²) in [4.78, 5) is 24.9. The van der Waals surface area contributed by atoms with Gasteiger partial charge in [-0.05, 0) is 26.7 Å². The number of nitrogens with zero attached hydrogens (tertiary/aromatic N) is 3. The summed E-state index contributed by atoms with van der Waals surface area (Å²) in [6.07, 6.45) is 3.55. The lowest BCUT2D eigenvalue weighted by Crippen LogP contribution is -2.37. The summed E-state index contributed by atoms with van der Waals surface area (Å²) in [5.74, 6) is 0.732. The first-order valence-electron chi connectivity index (χ1n) is 9.12. The van der Waals surface area contributed by atoms with E-state index in [1.54, 1.807) is 20.8 Å². The average Bonchev–Trinajstić information content (AvgIpc) is 3.36. The van der Waals surface area contributed by atoms with Gasteiger partial charge >= 0.3 is 6.09 Å². The molecule has 0 saturated carbocycles. The van der Waals surface area contributed by atoms with Gasteiger partial charge in [-0.1, -0.05) is 13.8 Å². The number of ether oxygens (including phenoxy) is 1. The van der Waals surface area contributed by atoms with E-state index < -0.39 is 17.7 Å². The van der Waals surface area contributed by atoms with Crippen molar-refractivity contribution in [2.75, 3.05) is 0 Å². The van der Waals surface area contributed by atoms with Gasteiger partial charge in [-0.25, -0.2) is 19.7 Å². The third-order valence-electron chi connectivity index (χ3n) is 3.78. The minimum atomic E-state index is -0.613. The van der Waals surface area contributed by atoms with Crippen molar-refractivity contribution in [3.05, 3.63) is 30.4 Å². The fourth-order valence-corrected chi connectivity index (χ4v) is 2.46. The van der Waals surface area contributed by atoms with Crippen molar-refractivity contribution >= 4 is 6.09 Å². The number of aliphatic hydroxyl groups is 1. The van der Waals surface area contributed by atoms with E-state index in [0.717, 1.165) is 0 Å². The van der Waals surface area contributed by atoms with Crippen molar-refractivity contribution < 1.29 is 27.9 Å². The maximum Gasteiger partial charge on any atom is 0.408 e. The Hall–Kier alpha value is -3.14. The van der Waals surface area contributed by atoms with Crippen LogP contribution in [0, 0.1) is 5.92 Å². The Kier molecular flexibility index (Phi) is 5.73. The van der Waals surface area contributed by atoms with Crippen LogP contribution in [0.5, 0.6) is 0 Å². The summed E-state index contributed by atoms with van der Waals surface area (Å²) in [7, 11) is 0. The second kappa shape index (κ2) is 8.08. The number of oxazole rings is 3. The van der Waals surface area contributed by atoms with Gasteiger partial charge in [0.15, 0.2) is 11.4 Å². The van der Waals surface area contributed by atoms with Gasteiger partial charge in [-0.2, -0.15) is 0 Å². The van der Waals surface area contributed by atoms with Crippen LogP contribution >= 0.6 is 0 Å². The van der Waals surface area contributed by atoms with Crippen LogP contribution in [0.25, 0.3) is 23.2 Å². The maximum atomic E-state index is 12.1. The molecule has 0 bridgehead atoms. The Morgan fingerprint density at radius 3 is 2.31 bits per heavy atom. The Morgan fingerprint density at radius 2 is 1.69 bits per heavy atom. The van der Waals surface area contributed by atoms with E-state index in [4.69, 9.17) is 23.1 Å². The van der Waals surface area contributed by atoms with E-state index in [1.165, 1.54) is 18.8 Å².